The van der Waals surface area contributed by atoms with Crippen molar-refractivity contribution in [3.05, 3.63) is 6.20 Å². The number of thioether (sulfide) groups is 1. The maximum absolute atomic E-state index is 13.2. The number of carboxylic acids is 1. The van der Waals surface area contributed by atoms with Gasteiger partial charge in [0.05, 0.1) is 22.9 Å². The maximum atomic E-state index is 13.2. The van der Waals surface area contributed by atoms with Gasteiger partial charge in [0.1, 0.15) is 0 Å². The monoisotopic (exact) mass is 441 g/mol. The van der Waals surface area contributed by atoms with Crippen molar-refractivity contribution in [3.8, 4) is 0 Å². The highest BCUT2D eigenvalue weighted by molar-refractivity contribution is 8.01. The van der Waals surface area contributed by atoms with E-state index in [4.69, 9.17) is 9.84 Å². The molecule has 0 saturated heterocycles. The number of anilines is 1. The molecule has 2 N–H and O–H groups in total. The molecule has 0 atom stereocenters. The molecule has 1 aromatic heterocycles. The zero-order chi connectivity index (χ0) is 20.6. The number of methoxy groups -OCH3 is 1. The first-order valence-corrected chi connectivity index (χ1v) is 12.3. The number of carboxylic acid groups (broad SMARTS) is 1. The second-order valence-electron chi connectivity index (χ2n) is 7.77. The van der Waals surface area contributed by atoms with Crippen molar-refractivity contribution in [1.29, 1.82) is 0 Å². The van der Waals surface area contributed by atoms with E-state index < -0.39 is 5.97 Å². The molecule has 2 aliphatic carbocycles. The lowest BCUT2D eigenvalue weighted by Gasteiger charge is -2.42. The first kappa shape index (κ1) is 22.4. The highest BCUT2D eigenvalue weighted by Crippen LogP contribution is 2.33. The van der Waals surface area contributed by atoms with Gasteiger partial charge in [0, 0.05) is 24.9 Å². The highest BCUT2D eigenvalue weighted by atomic mass is 32.2. The zero-order valence-electron chi connectivity index (χ0n) is 17.0. The summed E-state index contributed by atoms with van der Waals surface area (Å²) in [5.41, 5.74) is 0. The third kappa shape index (κ3) is 6.58. The van der Waals surface area contributed by atoms with E-state index in [1.165, 1.54) is 42.4 Å². The molecule has 9 heteroatoms. The molecule has 0 unspecified atom stereocenters. The van der Waals surface area contributed by atoms with Gasteiger partial charge >= 0.3 is 12.0 Å². The smallest absolute Gasteiger partial charge is 0.324 e. The molecular formula is C20H31N3O4S2. The number of aromatic nitrogens is 1. The van der Waals surface area contributed by atoms with E-state index in [9.17, 15) is 9.59 Å². The van der Waals surface area contributed by atoms with E-state index in [-0.39, 0.29) is 18.5 Å². The summed E-state index contributed by atoms with van der Waals surface area (Å²) < 4.78 is 6.43. The molecule has 3 rings (SSSR count). The number of rotatable bonds is 8. The van der Waals surface area contributed by atoms with Gasteiger partial charge < -0.3 is 14.7 Å². The van der Waals surface area contributed by atoms with Crippen LogP contribution in [-0.2, 0) is 9.53 Å². The number of nitrogens with one attached hydrogen (secondary N) is 1. The van der Waals surface area contributed by atoms with Gasteiger partial charge in [0.15, 0.2) is 5.13 Å². The minimum absolute atomic E-state index is 0.0470. The predicted molar refractivity (Wildman–Crippen MR) is 116 cm³/mol. The Kier molecular flexibility index (Phi) is 8.62. The number of nitrogens with zero attached hydrogens (tertiary/aromatic N) is 2. The van der Waals surface area contributed by atoms with Crippen molar-refractivity contribution in [2.24, 2.45) is 0 Å². The lowest BCUT2D eigenvalue weighted by Crippen LogP contribution is -2.51. The van der Waals surface area contributed by atoms with E-state index >= 15 is 0 Å². The molecule has 2 saturated carbocycles. The van der Waals surface area contributed by atoms with Crippen LogP contribution in [0.3, 0.4) is 0 Å². The molecule has 7 nitrogen and oxygen atoms in total. The molecule has 0 bridgehead atoms. The standard InChI is InChI=1S/C20H31N3O4S2/c1-27-16-9-7-15(8-10-16)23(14-5-3-2-4-6-14)20(26)22-19-21-13-18(29-19)28-12-11-17(24)25/h13-16H,2-12H2,1H3,(H,24,25)(H,21,22,26). The number of amides is 2. The number of hydrogen-bond donors (Lipinski definition) is 2. The lowest BCUT2D eigenvalue weighted by atomic mass is 9.88. The molecule has 0 aromatic carbocycles. The Labute approximate surface area is 180 Å². The number of thiazole rings is 1. The van der Waals surface area contributed by atoms with Gasteiger partial charge in [-0.2, -0.15) is 0 Å². The summed E-state index contributed by atoms with van der Waals surface area (Å²) in [5.74, 6) is -0.302. The fraction of sp³-hybridized carbons (Fsp3) is 0.750. The van der Waals surface area contributed by atoms with Crippen LogP contribution in [-0.4, -0.2) is 58.0 Å². The minimum atomic E-state index is -0.804. The van der Waals surface area contributed by atoms with Crippen LogP contribution in [0.5, 0.6) is 0 Å². The van der Waals surface area contributed by atoms with Crippen LogP contribution in [0, 0.1) is 0 Å². The molecule has 1 aromatic rings. The predicted octanol–water partition coefficient (Wildman–Crippen LogP) is 4.83. The Bertz CT molecular complexity index is 670. The van der Waals surface area contributed by atoms with Crippen LogP contribution < -0.4 is 5.32 Å². The average molecular weight is 442 g/mol. The van der Waals surface area contributed by atoms with Crippen molar-refractivity contribution >= 4 is 40.2 Å². The van der Waals surface area contributed by atoms with E-state index in [2.05, 4.69) is 15.2 Å². The van der Waals surface area contributed by atoms with Crippen LogP contribution in [0.4, 0.5) is 9.93 Å². The third-order valence-electron chi connectivity index (χ3n) is 5.83. The largest absolute Gasteiger partial charge is 0.481 e. The third-order valence-corrected chi connectivity index (χ3v) is 7.94. The average Bonchev–Trinajstić information content (AvgIpc) is 3.16. The van der Waals surface area contributed by atoms with Crippen LogP contribution in [0.15, 0.2) is 10.4 Å². The Balaban J connectivity index is 1.62. The van der Waals surface area contributed by atoms with E-state index in [0.29, 0.717) is 23.0 Å². The van der Waals surface area contributed by atoms with Gasteiger partial charge in [0.2, 0.25) is 0 Å². The van der Waals surface area contributed by atoms with Crippen LogP contribution in [0.2, 0.25) is 0 Å². The maximum Gasteiger partial charge on any atom is 0.324 e. The second kappa shape index (κ2) is 11.2. The molecule has 0 radical (unpaired) electrons. The fourth-order valence-electron chi connectivity index (χ4n) is 4.33. The van der Waals surface area contributed by atoms with Gasteiger partial charge in [-0.15, -0.1) is 11.8 Å². The minimum Gasteiger partial charge on any atom is -0.481 e. The van der Waals surface area contributed by atoms with E-state index in [1.54, 1.807) is 13.3 Å². The summed E-state index contributed by atoms with van der Waals surface area (Å²) in [5, 5.41) is 12.4. The van der Waals surface area contributed by atoms with Gasteiger partial charge in [-0.3, -0.25) is 10.1 Å². The topological polar surface area (TPSA) is 91.8 Å². The van der Waals surface area contributed by atoms with Gasteiger partial charge in [-0.05, 0) is 38.5 Å². The van der Waals surface area contributed by atoms with Crippen LogP contribution in [0.1, 0.15) is 64.2 Å². The second-order valence-corrected chi connectivity index (χ2v) is 10.2. The summed E-state index contributed by atoms with van der Waals surface area (Å²) in [6.07, 6.45) is 11.9. The summed E-state index contributed by atoms with van der Waals surface area (Å²) in [7, 11) is 1.77. The fourth-order valence-corrected chi connectivity index (χ4v) is 6.19. The molecule has 29 heavy (non-hydrogen) atoms. The van der Waals surface area contributed by atoms with Crippen molar-refractivity contribution in [1.82, 2.24) is 9.88 Å². The number of carbonyl (C=O) groups excluding carboxylic acids is 1. The molecule has 2 amide bonds. The summed E-state index contributed by atoms with van der Waals surface area (Å²) in [6.45, 7) is 0. The molecule has 0 spiro atoms. The molecular weight excluding hydrogens is 410 g/mol. The first-order chi connectivity index (χ1) is 14.1. The molecule has 162 valence electrons. The molecule has 1 heterocycles. The first-order valence-electron chi connectivity index (χ1n) is 10.5. The Morgan fingerprint density at radius 2 is 1.90 bits per heavy atom. The molecule has 2 aliphatic rings. The van der Waals surface area contributed by atoms with E-state index in [1.807, 2.05) is 0 Å². The number of ether oxygens (including phenoxy) is 1. The van der Waals surface area contributed by atoms with Gasteiger partial charge in [-0.1, -0.05) is 30.6 Å². The van der Waals surface area contributed by atoms with Crippen molar-refractivity contribution in [3.63, 3.8) is 0 Å². The van der Waals surface area contributed by atoms with Crippen molar-refractivity contribution in [2.45, 2.75) is 86.6 Å². The quantitative estimate of drug-likeness (QED) is 0.561. The van der Waals surface area contributed by atoms with Gasteiger partial charge in [0.25, 0.3) is 0 Å². The van der Waals surface area contributed by atoms with E-state index in [0.717, 1.165) is 42.7 Å². The summed E-state index contributed by atoms with van der Waals surface area (Å²) in [4.78, 5) is 30.3. The molecule has 0 aliphatic heterocycles. The van der Waals surface area contributed by atoms with Crippen LogP contribution in [0.25, 0.3) is 0 Å². The Morgan fingerprint density at radius 1 is 1.21 bits per heavy atom. The zero-order valence-corrected chi connectivity index (χ0v) is 18.6. The summed E-state index contributed by atoms with van der Waals surface area (Å²) >= 11 is 2.87. The number of aliphatic carboxylic acids is 1. The number of urea groups is 1. The van der Waals surface area contributed by atoms with Crippen LogP contribution >= 0.6 is 23.1 Å². The van der Waals surface area contributed by atoms with Crippen molar-refractivity contribution < 1.29 is 19.4 Å². The molecule has 2 fully saturated rings. The summed E-state index contributed by atoms with van der Waals surface area (Å²) in [6, 6.07) is 0.514. The normalized spacial score (nSPS) is 22.9. The number of hydrogen-bond acceptors (Lipinski definition) is 6. The Hall–Kier alpha value is -1.32. The van der Waals surface area contributed by atoms with Gasteiger partial charge in [-0.25, -0.2) is 9.78 Å². The lowest BCUT2D eigenvalue weighted by molar-refractivity contribution is -0.136. The number of carbonyl (C=O) groups is 2. The SMILES string of the molecule is COC1CCC(N(C(=O)Nc2ncc(SCCC(=O)O)s2)C2CCCCC2)CC1. The highest BCUT2D eigenvalue weighted by Gasteiger charge is 2.34. The Morgan fingerprint density at radius 3 is 2.55 bits per heavy atom. The van der Waals surface area contributed by atoms with Crippen molar-refractivity contribution in [2.75, 3.05) is 18.2 Å².